The first kappa shape index (κ1) is 12.3. The maximum absolute atomic E-state index is 9.38. The van der Waals surface area contributed by atoms with Crippen molar-refractivity contribution in [3.63, 3.8) is 0 Å². The van der Waals surface area contributed by atoms with E-state index in [1.165, 1.54) is 24.3 Å². The van der Waals surface area contributed by atoms with Crippen molar-refractivity contribution in [3.05, 3.63) is 157 Å². The third kappa shape index (κ3) is 3.79. The van der Waals surface area contributed by atoms with Gasteiger partial charge in [0, 0.05) is 10.8 Å². The van der Waals surface area contributed by atoms with Crippen LogP contribution in [0.3, 0.4) is 0 Å². The van der Waals surface area contributed by atoms with Crippen molar-refractivity contribution in [3.8, 4) is 33.4 Å². The summed E-state index contributed by atoms with van der Waals surface area (Å²) < 4.78 is 162. The molecule has 0 aliphatic heterocycles. The minimum atomic E-state index is -0.646. The molecule has 1 nitrogen and oxygen atoms in total. The molecule has 0 amide bonds. The van der Waals surface area contributed by atoms with Crippen molar-refractivity contribution in [1.29, 1.82) is 0 Å². The highest BCUT2D eigenvalue weighted by molar-refractivity contribution is 6.22. The number of hydrogen-bond donors (Lipinski definition) is 0. The molecule has 9 aromatic rings. The van der Waals surface area contributed by atoms with E-state index in [2.05, 4.69) is 0 Å². The van der Waals surface area contributed by atoms with Crippen molar-refractivity contribution < 1.29 is 29.1 Å². The molecule has 0 unspecified atom stereocenters. The van der Waals surface area contributed by atoms with Gasteiger partial charge in [0.2, 0.25) is 0 Å². The normalized spacial score (nSPS) is 17.6. The Balaban J connectivity index is 1.41. The lowest BCUT2D eigenvalue weighted by molar-refractivity contribution is 0.669. The second-order valence-electron chi connectivity index (χ2n) is 9.90. The fraction of sp³-hybridized carbons (Fsp3) is 0. The number of furan rings is 1. The number of para-hydroxylation sites is 1. The van der Waals surface area contributed by atoms with Crippen LogP contribution in [-0.4, -0.2) is 0 Å². The van der Waals surface area contributed by atoms with Crippen molar-refractivity contribution in [1.82, 2.24) is 0 Å². The van der Waals surface area contributed by atoms with Gasteiger partial charge in [-0.15, -0.1) is 0 Å². The van der Waals surface area contributed by atoms with Gasteiger partial charge >= 0.3 is 0 Å². The first-order valence-electron chi connectivity index (χ1n) is 22.3. The molecule has 1 heterocycles. The van der Waals surface area contributed by atoms with Crippen molar-refractivity contribution in [2.75, 3.05) is 0 Å². The van der Waals surface area contributed by atoms with E-state index in [1.54, 1.807) is 24.3 Å². The van der Waals surface area contributed by atoms with Gasteiger partial charge in [0.25, 0.3) is 0 Å². The molecule has 0 aliphatic rings. The van der Waals surface area contributed by atoms with Crippen LogP contribution in [0.4, 0.5) is 0 Å². The Morgan fingerprint density at radius 2 is 1.00 bits per heavy atom. The molecule has 0 fully saturated rings. The molecule has 0 saturated carbocycles. The smallest absolute Gasteiger partial charge is 0.135 e. The molecule has 0 aliphatic carbocycles. The summed E-state index contributed by atoms with van der Waals surface area (Å²) in [5.74, 6) is 0. The Morgan fingerprint density at radius 1 is 0.395 bits per heavy atom. The van der Waals surface area contributed by atoms with Crippen LogP contribution >= 0.6 is 0 Å². The molecule has 0 atom stereocenters. The van der Waals surface area contributed by atoms with Crippen molar-refractivity contribution >= 4 is 54.3 Å². The predicted molar refractivity (Wildman–Crippen MR) is 183 cm³/mol. The van der Waals surface area contributed by atoms with E-state index in [4.69, 9.17) is 25.0 Å². The van der Waals surface area contributed by atoms with Crippen LogP contribution in [0.1, 0.15) is 24.7 Å². The lowest BCUT2D eigenvalue weighted by Gasteiger charge is -2.18. The lowest BCUT2D eigenvalue weighted by Crippen LogP contribution is -1.91. The van der Waals surface area contributed by atoms with E-state index in [-0.39, 0.29) is 107 Å². The van der Waals surface area contributed by atoms with Gasteiger partial charge in [0.05, 0.1) is 24.7 Å². The molecule has 8 aromatic carbocycles. The highest BCUT2D eigenvalue weighted by Crippen LogP contribution is 2.44. The zero-order valence-corrected chi connectivity index (χ0v) is 22.0. The fourth-order valence-corrected chi connectivity index (χ4v) is 5.65. The second kappa shape index (κ2) is 9.44. The first-order chi connectivity index (χ1) is 28.8. The predicted octanol–water partition coefficient (Wildman–Crippen LogP) is 12.0. The molecule has 0 radical (unpaired) electrons. The fourth-order valence-electron chi connectivity index (χ4n) is 5.65. The van der Waals surface area contributed by atoms with Crippen LogP contribution in [0, 0.1) is 0 Å². The van der Waals surface area contributed by atoms with E-state index in [0.717, 1.165) is 0 Å². The minimum Gasteiger partial charge on any atom is -0.456 e. The maximum Gasteiger partial charge on any atom is 0.135 e. The zero-order valence-electron chi connectivity index (χ0n) is 40.0. The third-order valence-electron chi connectivity index (χ3n) is 7.52. The van der Waals surface area contributed by atoms with E-state index >= 15 is 0 Å². The average molecular weight is 565 g/mol. The molecule has 1 aromatic heterocycles. The van der Waals surface area contributed by atoms with Gasteiger partial charge in [-0.3, -0.25) is 0 Å². The van der Waals surface area contributed by atoms with Gasteiger partial charge in [-0.1, -0.05) is 127 Å². The Bertz CT molecular complexity index is 3450. The van der Waals surface area contributed by atoms with Crippen LogP contribution < -0.4 is 0 Å². The summed E-state index contributed by atoms with van der Waals surface area (Å²) in [5.41, 5.74) is 0.210. The molecular weight excluding hydrogens is 520 g/mol. The van der Waals surface area contributed by atoms with Crippen LogP contribution in [0.2, 0.25) is 0 Å². The Labute approximate surface area is 274 Å². The standard InChI is InChI=1S/C42H26O/c1-2-11-28-24-32(21-20-27(28)10-1)42-36-17-5-3-15-34(36)41(35-16-4-6-18-37(35)42)31-13-9-12-29(25-31)30-22-23-40-38(26-30)33-14-7-8-19-39(33)43-40/h1-26H/i1D,2D,3D,4D,5D,6D,7D,8D,10D,11D,14D,19D,20D,21D,22D,23D,24D,26D. The Morgan fingerprint density at radius 3 is 1.77 bits per heavy atom. The summed E-state index contributed by atoms with van der Waals surface area (Å²) in [5, 5.41) is 0.0708. The molecule has 200 valence electrons. The number of rotatable bonds is 3. The highest BCUT2D eigenvalue weighted by Gasteiger charge is 2.17. The monoisotopic (exact) mass is 564 g/mol. The molecule has 9 rings (SSSR count). The SMILES string of the molecule is [2H]c1cc2c(-c3cccc(-c4c([2H])c([2H])c5oc6c([2H])c([2H])c([2H])c([2H])c6c5c4[2H])c3)c3cc([2H])c([2H])cc3c(-c3c([2H])c([2H])c4c([2H])c([2H])c([2H])c([2H])c4c3[2H])c2cc1[2H]. The van der Waals surface area contributed by atoms with Gasteiger partial charge in [0.1, 0.15) is 11.2 Å². The summed E-state index contributed by atoms with van der Waals surface area (Å²) in [6.07, 6.45) is 0. The zero-order chi connectivity index (χ0) is 44.0. The van der Waals surface area contributed by atoms with Crippen molar-refractivity contribution in [2.45, 2.75) is 0 Å². The molecule has 0 spiro atoms. The largest absolute Gasteiger partial charge is 0.456 e. The van der Waals surface area contributed by atoms with E-state index in [0.29, 0.717) is 11.1 Å². The van der Waals surface area contributed by atoms with Gasteiger partial charge < -0.3 is 4.42 Å². The summed E-state index contributed by atoms with van der Waals surface area (Å²) in [6.45, 7) is 0. The van der Waals surface area contributed by atoms with E-state index in [9.17, 15) is 4.11 Å². The van der Waals surface area contributed by atoms with Crippen LogP contribution in [0.5, 0.6) is 0 Å². The topological polar surface area (TPSA) is 13.1 Å². The van der Waals surface area contributed by atoms with Crippen LogP contribution in [0.15, 0.2) is 162 Å². The molecule has 0 bridgehead atoms. The Kier molecular flexibility index (Phi) is 2.70. The second-order valence-corrected chi connectivity index (χ2v) is 9.90. The summed E-state index contributed by atoms with van der Waals surface area (Å²) in [6, 6.07) is 3.45. The minimum absolute atomic E-state index is 0.0623. The number of benzene rings is 8. The number of hydrogen-bond acceptors (Lipinski definition) is 1. The van der Waals surface area contributed by atoms with Crippen LogP contribution in [0.25, 0.3) is 87.6 Å². The molecule has 0 saturated heterocycles. The van der Waals surface area contributed by atoms with Gasteiger partial charge in [-0.2, -0.15) is 0 Å². The first-order valence-corrected chi connectivity index (χ1v) is 13.3. The van der Waals surface area contributed by atoms with Gasteiger partial charge in [0.15, 0.2) is 0 Å². The van der Waals surface area contributed by atoms with Crippen molar-refractivity contribution in [2.24, 2.45) is 0 Å². The van der Waals surface area contributed by atoms with Gasteiger partial charge in [-0.05, 0) is 95.9 Å². The van der Waals surface area contributed by atoms with Gasteiger partial charge in [-0.25, -0.2) is 0 Å². The highest BCUT2D eigenvalue weighted by atomic mass is 16.3. The van der Waals surface area contributed by atoms with E-state index in [1.807, 2.05) is 0 Å². The average Bonchev–Trinajstić information content (AvgIpc) is 3.64. The summed E-state index contributed by atoms with van der Waals surface area (Å²) in [4.78, 5) is 0. The Hall–Kier alpha value is -5.66. The molecule has 0 N–H and O–H groups in total. The summed E-state index contributed by atoms with van der Waals surface area (Å²) in [7, 11) is 0. The number of fused-ring (bicyclic) bond motifs is 6. The maximum atomic E-state index is 9.38. The quantitative estimate of drug-likeness (QED) is 0.195. The summed E-state index contributed by atoms with van der Waals surface area (Å²) >= 11 is 0. The lowest BCUT2D eigenvalue weighted by atomic mass is 9.85. The van der Waals surface area contributed by atoms with Crippen LogP contribution in [-0.2, 0) is 0 Å². The molecule has 43 heavy (non-hydrogen) atoms. The molecular formula is C42H26O. The third-order valence-corrected chi connectivity index (χ3v) is 7.52. The molecule has 1 heteroatoms. The van der Waals surface area contributed by atoms with E-state index < -0.39 is 78.6 Å².